The van der Waals surface area contributed by atoms with Gasteiger partial charge in [-0.1, -0.05) is 6.92 Å². The van der Waals surface area contributed by atoms with Crippen molar-refractivity contribution in [2.45, 2.75) is 32.7 Å². The molecule has 3 rings (SSSR count). The van der Waals surface area contributed by atoms with E-state index in [4.69, 9.17) is 14.2 Å². The molecule has 29 heavy (non-hydrogen) atoms. The summed E-state index contributed by atoms with van der Waals surface area (Å²) in [7, 11) is 4.73. The van der Waals surface area contributed by atoms with Gasteiger partial charge in [0, 0.05) is 18.2 Å². The first-order valence-electron chi connectivity index (χ1n) is 9.82. The van der Waals surface area contributed by atoms with Gasteiger partial charge in [-0.3, -0.25) is 9.69 Å². The number of aromatic nitrogens is 1. The first kappa shape index (κ1) is 21.4. The summed E-state index contributed by atoms with van der Waals surface area (Å²) in [4.78, 5) is 20.4. The molecule has 1 fully saturated rings. The molecular weight excluding hydrogens is 390 g/mol. The van der Waals surface area contributed by atoms with Gasteiger partial charge in [0.05, 0.1) is 27.0 Å². The Bertz CT molecular complexity index is 843. The van der Waals surface area contributed by atoms with Gasteiger partial charge in [0.25, 0.3) is 5.91 Å². The summed E-state index contributed by atoms with van der Waals surface area (Å²) in [6.07, 6.45) is 2.33. The number of methoxy groups -OCH3 is 3. The van der Waals surface area contributed by atoms with Crippen LogP contribution in [0.4, 0.5) is 0 Å². The van der Waals surface area contributed by atoms with Crippen LogP contribution >= 0.6 is 11.3 Å². The van der Waals surface area contributed by atoms with Crippen LogP contribution in [0, 0.1) is 6.92 Å². The standard InChI is InChI=1S/C21H29N3O4S/c1-6-24-9-7-8-15(24)12-22-20(25)19-13(2)23-21(29-19)14-10-16(26-3)18(28-5)17(11-14)27-4/h10-11,15H,6-9,12H2,1-5H3,(H,22,25). The molecule has 1 aliphatic rings. The van der Waals surface area contributed by atoms with Crippen molar-refractivity contribution >= 4 is 17.2 Å². The highest BCUT2D eigenvalue weighted by Gasteiger charge is 2.25. The molecule has 1 amide bonds. The van der Waals surface area contributed by atoms with Crippen molar-refractivity contribution in [2.75, 3.05) is 41.0 Å². The molecule has 1 aliphatic heterocycles. The number of thiazole rings is 1. The van der Waals surface area contributed by atoms with Gasteiger partial charge in [0.15, 0.2) is 11.5 Å². The summed E-state index contributed by atoms with van der Waals surface area (Å²) in [6, 6.07) is 4.12. The second-order valence-corrected chi connectivity index (χ2v) is 7.98. The molecule has 7 nitrogen and oxygen atoms in total. The van der Waals surface area contributed by atoms with E-state index in [1.54, 1.807) is 21.3 Å². The van der Waals surface area contributed by atoms with Gasteiger partial charge in [-0.25, -0.2) is 4.98 Å². The molecule has 1 unspecified atom stereocenters. The van der Waals surface area contributed by atoms with E-state index >= 15 is 0 Å². The average molecular weight is 420 g/mol. The number of ether oxygens (including phenoxy) is 3. The number of carbonyl (C=O) groups excluding carboxylic acids is 1. The SMILES string of the molecule is CCN1CCCC1CNC(=O)c1sc(-c2cc(OC)c(OC)c(OC)c2)nc1C. The molecule has 158 valence electrons. The second kappa shape index (κ2) is 9.45. The maximum absolute atomic E-state index is 12.8. The third-order valence-electron chi connectivity index (χ3n) is 5.32. The molecular formula is C21H29N3O4S. The topological polar surface area (TPSA) is 72.9 Å². The normalized spacial score (nSPS) is 16.7. The van der Waals surface area contributed by atoms with Gasteiger partial charge in [0.2, 0.25) is 5.75 Å². The molecule has 8 heteroatoms. The fourth-order valence-corrected chi connectivity index (χ4v) is 4.74. The lowest BCUT2D eigenvalue weighted by Gasteiger charge is -2.22. The van der Waals surface area contributed by atoms with E-state index in [0.29, 0.717) is 34.7 Å². The quantitative estimate of drug-likeness (QED) is 0.707. The number of likely N-dealkylation sites (tertiary alicyclic amines) is 1. The zero-order valence-corrected chi connectivity index (χ0v) is 18.5. The Morgan fingerprint density at radius 2 is 1.93 bits per heavy atom. The molecule has 0 saturated carbocycles. The first-order valence-corrected chi connectivity index (χ1v) is 10.6. The molecule has 1 aromatic heterocycles. The van der Waals surface area contributed by atoms with Gasteiger partial charge >= 0.3 is 0 Å². The van der Waals surface area contributed by atoms with Crippen LogP contribution in [0.3, 0.4) is 0 Å². The van der Waals surface area contributed by atoms with Crippen molar-refractivity contribution in [1.29, 1.82) is 0 Å². The number of nitrogens with zero attached hydrogens (tertiary/aromatic N) is 2. The molecule has 0 bridgehead atoms. The van der Waals surface area contributed by atoms with Crippen LogP contribution in [-0.2, 0) is 0 Å². The Morgan fingerprint density at radius 3 is 2.52 bits per heavy atom. The number of amides is 1. The summed E-state index contributed by atoms with van der Waals surface area (Å²) in [5, 5.41) is 3.83. The Balaban J connectivity index is 1.80. The van der Waals surface area contributed by atoms with Crippen molar-refractivity contribution in [2.24, 2.45) is 0 Å². The second-order valence-electron chi connectivity index (χ2n) is 6.98. The molecule has 1 atom stereocenters. The Morgan fingerprint density at radius 1 is 1.24 bits per heavy atom. The highest BCUT2D eigenvalue weighted by Crippen LogP contribution is 2.42. The Labute approximate surface area is 176 Å². The van der Waals surface area contributed by atoms with Gasteiger partial charge < -0.3 is 19.5 Å². The number of carbonyl (C=O) groups is 1. The third-order valence-corrected chi connectivity index (χ3v) is 6.52. The molecule has 1 N–H and O–H groups in total. The lowest BCUT2D eigenvalue weighted by molar-refractivity contribution is 0.0944. The van der Waals surface area contributed by atoms with E-state index in [1.807, 2.05) is 19.1 Å². The molecule has 2 heterocycles. The Hall–Kier alpha value is -2.32. The van der Waals surface area contributed by atoms with Crippen LogP contribution in [0.2, 0.25) is 0 Å². The van der Waals surface area contributed by atoms with Crippen LogP contribution < -0.4 is 19.5 Å². The van der Waals surface area contributed by atoms with Crippen LogP contribution in [0.15, 0.2) is 12.1 Å². The monoisotopic (exact) mass is 419 g/mol. The average Bonchev–Trinajstić information content (AvgIpc) is 3.36. The number of benzene rings is 1. The molecule has 0 aliphatic carbocycles. The number of likely N-dealkylation sites (N-methyl/N-ethyl adjacent to an activating group) is 1. The maximum atomic E-state index is 12.8. The summed E-state index contributed by atoms with van der Waals surface area (Å²) < 4.78 is 16.2. The molecule has 1 saturated heterocycles. The van der Waals surface area contributed by atoms with Crippen LogP contribution in [-0.4, -0.2) is 62.8 Å². The van der Waals surface area contributed by atoms with Crippen molar-refractivity contribution in [3.05, 3.63) is 22.7 Å². The van der Waals surface area contributed by atoms with E-state index in [1.165, 1.54) is 17.8 Å². The number of nitrogens with one attached hydrogen (secondary N) is 1. The van der Waals surface area contributed by atoms with Crippen molar-refractivity contribution in [1.82, 2.24) is 15.2 Å². The smallest absolute Gasteiger partial charge is 0.263 e. The fraction of sp³-hybridized carbons (Fsp3) is 0.524. The van der Waals surface area contributed by atoms with Gasteiger partial charge in [-0.15, -0.1) is 11.3 Å². The highest BCUT2D eigenvalue weighted by molar-refractivity contribution is 7.17. The van der Waals surface area contributed by atoms with E-state index in [9.17, 15) is 4.79 Å². The highest BCUT2D eigenvalue weighted by atomic mass is 32.1. The number of rotatable bonds is 8. The van der Waals surface area contributed by atoms with E-state index in [-0.39, 0.29) is 5.91 Å². The van der Waals surface area contributed by atoms with Crippen molar-refractivity contribution in [3.63, 3.8) is 0 Å². The number of hydrogen-bond acceptors (Lipinski definition) is 7. The third kappa shape index (κ3) is 4.48. The van der Waals surface area contributed by atoms with Crippen LogP contribution in [0.25, 0.3) is 10.6 Å². The van der Waals surface area contributed by atoms with Crippen molar-refractivity contribution < 1.29 is 19.0 Å². The van der Waals surface area contributed by atoms with E-state index in [0.717, 1.165) is 35.8 Å². The predicted molar refractivity (Wildman–Crippen MR) is 115 cm³/mol. The van der Waals surface area contributed by atoms with E-state index < -0.39 is 0 Å². The zero-order valence-electron chi connectivity index (χ0n) is 17.7. The predicted octanol–water partition coefficient (Wildman–Crippen LogP) is 3.36. The minimum absolute atomic E-state index is 0.0679. The number of hydrogen-bond donors (Lipinski definition) is 1. The fourth-order valence-electron chi connectivity index (χ4n) is 3.77. The molecule has 2 aromatic rings. The van der Waals surface area contributed by atoms with E-state index in [2.05, 4.69) is 22.1 Å². The van der Waals surface area contributed by atoms with Crippen LogP contribution in [0.1, 0.15) is 35.1 Å². The lowest BCUT2D eigenvalue weighted by atomic mass is 10.2. The van der Waals surface area contributed by atoms with Crippen LogP contribution in [0.5, 0.6) is 17.2 Å². The molecule has 0 spiro atoms. The molecule has 0 radical (unpaired) electrons. The summed E-state index contributed by atoms with van der Waals surface area (Å²) in [6.45, 7) is 6.83. The van der Waals surface area contributed by atoms with Gasteiger partial charge in [-0.05, 0) is 45.0 Å². The van der Waals surface area contributed by atoms with Crippen molar-refractivity contribution in [3.8, 4) is 27.8 Å². The largest absolute Gasteiger partial charge is 0.493 e. The number of aryl methyl sites for hydroxylation is 1. The molecule has 1 aromatic carbocycles. The summed E-state index contributed by atoms with van der Waals surface area (Å²) in [5.74, 6) is 1.58. The maximum Gasteiger partial charge on any atom is 0.263 e. The minimum atomic E-state index is -0.0679. The van der Waals surface area contributed by atoms with Gasteiger partial charge in [-0.2, -0.15) is 0 Å². The Kier molecular flexibility index (Phi) is 6.97. The lowest BCUT2D eigenvalue weighted by Crippen LogP contribution is -2.39. The summed E-state index contributed by atoms with van der Waals surface area (Å²) in [5.41, 5.74) is 1.54. The summed E-state index contributed by atoms with van der Waals surface area (Å²) >= 11 is 1.37. The zero-order chi connectivity index (χ0) is 21.0. The minimum Gasteiger partial charge on any atom is -0.493 e. The van der Waals surface area contributed by atoms with Gasteiger partial charge in [0.1, 0.15) is 9.88 Å². The first-order chi connectivity index (χ1) is 14.0.